The molecular formula is C22H31N3O3. The van der Waals surface area contributed by atoms with E-state index in [1.807, 2.05) is 26.0 Å². The third-order valence-corrected chi connectivity index (χ3v) is 5.54. The number of aromatic nitrogens is 2. The highest BCUT2D eigenvalue weighted by molar-refractivity contribution is 5.37. The molecule has 1 saturated heterocycles. The van der Waals surface area contributed by atoms with Crippen molar-refractivity contribution in [2.24, 2.45) is 0 Å². The first kappa shape index (κ1) is 20.6. The van der Waals surface area contributed by atoms with E-state index >= 15 is 0 Å². The largest absolute Gasteiger partial charge is 0.496 e. The Labute approximate surface area is 166 Å². The normalized spacial score (nSPS) is 17.6. The van der Waals surface area contributed by atoms with Gasteiger partial charge in [-0.1, -0.05) is 13.0 Å². The second-order valence-corrected chi connectivity index (χ2v) is 7.52. The summed E-state index contributed by atoms with van der Waals surface area (Å²) in [7, 11) is 3.42. The quantitative estimate of drug-likeness (QED) is 0.793. The molecule has 0 amide bonds. The van der Waals surface area contributed by atoms with E-state index < -0.39 is 0 Å². The number of aromatic amines is 1. The number of nitrogens with one attached hydrogen (secondary N) is 1. The first-order valence-corrected chi connectivity index (χ1v) is 10.0. The van der Waals surface area contributed by atoms with Crippen LogP contribution in [0.1, 0.15) is 53.9 Å². The molecule has 6 heteroatoms. The van der Waals surface area contributed by atoms with Crippen LogP contribution in [0.3, 0.4) is 0 Å². The first-order valence-electron chi connectivity index (χ1n) is 10.0. The van der Waals surface area contributed by atoms with Crippen LogP contribution in [0.15, 0.2) is 23.0 Å². The van der Waals surface area contributed by atoms with Crippen molar-refractivity contribution in [1.82, 2.24) is 14.9 Å². The van der Waals surface area contributed by atoms with Crippen molar-refractivity contribution in [2.75, 3.05) is 27.3 Å². The molecule has 28 heavy (non-hydrogen) atoms. The van der Waals surface area contributed by atoms with Gasteiger partial charge in [-0.05, 0) is 50.4 Å². The minimum Gasteiger partial charge on any atom is -0.496 e. The molecule has 1 aliphatic heterocycles. The van der Waals surface area contributed by atoms with E-state index in [1.165, 1.54) is 0 Å². The molecule has 152 valence electrons. The molecule has 0 bridgehead atoms. The smallest absolute Gasteiger partial charge is 0.254 e. The fraction of sp³-hybridized carbons (Fsp3) is 0.545. The first-order chi connectivity index (χ1) is 13.5. The number of likely N-dealkylation sites (tertiary alicyclic amines) is 1. The van der Waals surface area contributed by atoms with Crippen LogP contribution in [0.2, 0.25) is 0 Å². The third kappa shape index (κ3) is 4.62. The second kappa shape index (κ2) is 9.34. The summed E-state index contributed by atoms with van der Waals surface area (Å²) in [4.78, 5) is 22.5. The maximum Gasteiger partial charge on any atom is 0.254 e. The number of piperidine rings is 1. The minimum atomic E-state index is 0.0102. The third-order valence-electron chi connectivity index (χ3n) is 5.54. The van der Waals surface area contributed by atoms with Crippen molar-refractivity contribution < 1.29 is 9.47 Å². The predicted octanol–water partition coefficient (Wildman–Crippen LogP) is 3.18. The summed E-state index contributed by atoms with van der Waals surface area (Å²) in [6.07, 6.45) is 2.84. The van der Waals surface area contributed by atoms with Crippen molar-refractivity contribution in [3.05, 3.63) is 56.8 Å². The number of methoxy groups -OCH3 is 2. The molecule has 0 aliphatic carbocycles. The van der Waals surface area contributed by atoms with Crippen molar-refractivity contribution in [3.63, 3.8) is 0 Å². The molecule has 1 N–H and O–H groups in total. The number of hydrogen-bond acceptors (Lipinski definition) is 5. The fourth-order valence-electron chi connectivity index (χ4n) is 4.12. The molecule has 1 unspecified atom stereocenters. The van der Waals surface area contributed by atoms with Gasteiger partial charge < -0.3 is 14.5 Å². The molecule has 1 atom stereocenters. The predicted molar refractivity (Wildman–Crippen MR) is 110 cm³/mol. The minimum absolute atomic E-state index is 0.0102. The Hall–Kier alpha value is -2.18. The molecule has 1 fully saturated rings. The summed E-state index contributed by atoms with van der Waals surface area (Å²) < 4.78 is 10.8. The molecule has 1 aliphatic rings. The van der Waals surface area contributed by atoms with Gasteiger partial charge in [-0.3, -0.25) is 9.69 Å². The molecule has 1 aromatic heterocycles. The van der Waals surface area contributed by atoms with E-state index in [-0.39, 0.29) is 11.5 Å². The summed E-state index contributed by atoms with van der Waals surface area (Å²) in [5.41, 5.74) is 3.96. The van der Waals surface area contributed by atoms with Crippen molar-refractivity contribution in [2.45, 2.75) is 52.2 Å². The van der Waals surface area contributed by atoms with Gasteiger partial charge in [-0.15, -0.1) is 0 Å². The van der Waals surface area contributed by atoms with Crippen LogP contribution < -0.4 is 10.3 Å². The zero-order valence-electron chi connectivity index (χ0n) is 17.4. The average molecular weight is 386 g/mol. The van der Waals surface area contributed by atoms with Crippen LogP contribution in [-0.4, -0.2) is 42.2 Å². The number of ether oxygens (including phenoxy) is 2. The molecule has 2 aromatic rings. The summed E-state index contributed by atoms with van der Waals surface area (Å²) in [5.74, 6) is 1.97. The molecule has 0 saturated carbocycles. The van der Waals surface area contributed by atoms with Gasteiger partial charge in [0.2, 0.25) is 0 Å². The number of aryl methyl sites for hydroxylation is 1. The van der Waals surface area contributed by atoms with E-state index in [0.29, 0.717) is 13.0 Å². The van der Waals surface area contributed by atoms with E-state index in [0.717, 1.165) is 66.4 Å². The SMILES string of the molecule is CCc1c(C)nc(C2CCCN(Cc3cc(COC)ccc3OC)C2)[nH]c1=O. The summed E-state index contributed by atoms with van der Waals surface area (Å²) >= 11 is 0. The van der Waals surface area contributed by atoms with Crippen LogP contribution in [0.25, 0.3) is 0 Å². The Kier molecular flexibility index (Phi) is 6.86. The molecule has 0 spiro atoms. The molecule has 3 rings (SSSR count). The highest BCUT2D eigenvalue weighted by atomic mass is 16.5. The number of rotatable bonds is 7. The van der Waals surface area contributed by atoms with Crippen molar-refractivity contribution in [1.29, 1.82) is 0 Å². The van der Waals surface area contributed by atoms with Crippen LogP contribution in [-0.2, 0) is 24.3 Å². The Morgan fingerprint density at radius 2 is 2.14 bits per heavy atom. The zero-order chi connectivity index (χ0) is 20.1. The van der Waals surface area contributed by atoms with E-state index in [1.54, 1.807) is 14.2 Å². The highest BCUT2D eigenvalue weighted by Crippen LogP contribution is 2.28. The van der Waals surface area contributed by atoms with Gasteiger partial charge in [0.05, 0.1) is 13.7 Å². The lowest BCUT2D eigenvalue weighted by atomic mass is 9.96. The van der Waals surface area contributed by atoms with Crippen molar-refractivity contribution in [3.8, 4) is 5.75 Å². The summed E-state index contributed by atoms with van der Waals surface area (Å²) in [5, 5.41) is 0. The average Bonchev–Trinajstić information content (AvgIpc) is 2.68. The molecule has 6 nitrogen and oxygen atoms in total. The molecule has 0 radical (unpaired) electrons. The van der Waals surface area contributed by atoms with E-state index in [4.69, 9.17) is 14.5 Å². The Balaban J connectivity index is 1.77. The Morgan fingerprint density at radius 3 is 2.82 bits per heavy atom. The molecule has 2 heterocycles. The van der Waals surface area contributed by atoms with E-state index in [2.05, 4.69) is 16.0 Å². The summed E-state index contributed by atoms with van der Waals surface area (Å²) in [6, 6.07) is 6.21. The van der Waals surface area contributed by atoms with Crippen LogP contribution in [0.5, 0.6) is 5.75 Å². The van der Waals surface area contributed by atoms with Crippen LogP contribution >= 0.6 is 0 Å². The number of nitrogens with zero attached hydrogens (tertiary/aromatic N) is 2. The lowest BCUT2D eigenvalue weighted by molar-refractivity contribution is 0.183. The second-order valence-electron chi connectivity index (χ2n) is 7.52. The standard InChI is InChI=1S/C22H31N3O3/c1-5-19-15(2)23-21(24-22(19)26)17-7-6-10-25(12-17)13-18-11-16(14-27-3)8-9-20(18)28-4/h8-9,11,17H,5-7,10,12-14H2,1-4H3,(H,23,24,26). The lowest BCUT2D eigenvalue weighted by Crippen LogP contribution is -2.35. The van der Waals surface area contributed by atoms with Crippen LogP contribution in [0, 0.1) is 6.92 Å². The van der Waals surface area contributed by atoms with Gasteiger partial charge in [0.15, 0.2) is 0 Å². The summed E-state index contributed by atoms with van der Waals surface area (Å²) in [6.45, 7) is 7.24. The highest BCUT2D eigenvalue weighted by Gasteiger charge is 2.24. The lowest BCUT2D eigenvalue weighted by Gasteiger charge is -2.32. The topological polar surface area (TPSA) is 67.5 Å². The number of benzene rings is 1. The Bertz CT molecular complexity index is 863. The Morgan fingerprint density at radius 1 is 1.32 bits per heavy atom. The van der Waals surface area contributed by atoms with Gasteiger partial charge in [0.25, 0.3) is 5.56 Å². The van der Waals surface area contributed by atoms with Gasteiger partial charge >= 0.3 is 0 Å². The van der Waals surface area contributed by atoms with Gasteiger partial charge in [0, 0.05) is 42.9 Å². The van der Waals surface area contributed by atoms with Gasteiger partial charge in [-0.2, -0.15) is 0 Å². The van der Waals surface area contributed by atoms with Gasteiger partial charge in [0.1, 0.15) is 11.6 Å². The fourth-order valence-corrected chi connectivity index (χ4v) is 4.12. The molecular weight excluding hydrogens is 354 g/mol. The monoisotopic (exact) mass is 385 g/mol. The maximum atomic E-state index is 12.4. The van der Waals surface area contributed by atoms with E-state index in [9.17, 15) is 4.79 Å². The number of hydrogen-bond donors (Lipinski definition) is 1. The van der Waals surface area contributed by atoms with Crippen molar-refractivity contribution >= 4 is 0 Å². The molecule has 1 aromatic carbocycles. The van der Waals surface area contributed by atoms with Gasteiger partial charge in [-0.25, -0.2) is 4.98 Å². The number of H-pyrrole nitrogens is 1. The maximum absolute atomic E-state index is 12.4. The zero-order valence-corrected chi connectivity index (χ0v) is 17.4. The van der Waals surface area contributed by atoms with Crippen LogP contribution in [0.4, 0.5) is 0 Å².